The molecule has 6 heteroatoms. The summed E-state index contributed by atoms with van der Waals surface area (Å²) in [6, 6.07) is 1.87. The first-order chi connectivity index (χ1) is 7.40. The standard InChI is InChI=1S/C10H16N2O4/c1-7(2)10(8(13)14,5-4-6-11)12-9(15)16-3/h7H,4-5H2,1-3H3,(H,12,15)(H,13,14)/t10-/m0/s1. The fraction of sp³-hybridized carbons (Fsp3) is 0.700. The molecule has 0 heterocycles. The second-order valence-electron chi connectivity index (χ2n) is 3.71. The maximum Gasteiger partial charge on any atom is 0.407 e. The minimum atomic E-state index is -1.46. The number of carbonyl (C=O) groups excluding carboxylic acids is 1. The number of hydrogen-bond donors (Lipinski definition) is 2. The Kier molecular flexibility index (Phi) is 5.30. The smallest absolute Gasteiger partial charge is 0.407 e. The van der Waals surface area contributed by atoms with Crippen LogP contribution in [0.3, 0.4) is 0 Å². The number of methoxy groups -OCH3 is 1. The van der Waals surface area contributed by atoms with E-state index in [-0.39, 0.29) is 18.8 Å². The second kappa shape index (κ2) is 5.95. The van der Waals surface area contributed by atoms with E-state index in [1.807, 2.05) is 6.07 Å². The van der Waals surface area contributed by atoms with Gasteiger partial charge in [-0.15, -0.1) is 0 Å². The first kappa shape index (κ1) is 14.2. The van der Waals surface area contributed by atoms with Crippen molar-refractivity contribution in [1.82, 2.24) is 5.32 Å². The summed E-state index contributed by atoms with van der Waals surface area (Å²) < 4.78 is 4.39. The van der Waals surface area contributed by atoms with Crippen LogP contribution in [-0.4, -0.2) is 29.8 Å². The van der Waals surface area contributed by atoms with Crippen LogP contribution in [-0.2, 0) is 9.53 Å². The monoisotopic (exact) mass is 228 g/mol. The number of nitriles is 1. The van der Waals surface area contributed by atoms with Crippen LogP contribution >= 0.6 is 0 Å². The molecule has 0 aliphatic rings. The summed E-state index contributed by atoms with van der Waals surface area (Å²) in [6.07, 6.45) is -0.714. The van der Waals surface area contributed by atoms with Gasteiger partial charge in [0.2, 0.25) is 0 Å². The number of carbonyl (C=O) groups is 2. The average molecular weight is 228 g/mol. The van der Waals surface area contributed by atoms with Gasteiger partial charge in [0.05, 0.1) is 13.2 Å². The van der Waals surface area contributed by atoms with Gasteiger partial charge >= 0.3 is 12.1 Å². The molecule has 0 radical (unpaired) electrons. The molecule has 6 nitrogen and oxygen atoms in total. The molecule has 0 aromatic heterocycles. The lowest BCUT2D eigenvalue weighted by atomic mass is 9.82. The molecule has 0 bridgehead atoms. The minimum Gasteiger partial charge on any atom is -0.479 e. The summed E-state index contributed by atoms with van der Waals surface area (Å²) in [5, 5.41) is 20.0. The first-order valence-corrected chi connectivity index (χ1v) is 4.87. The summed E-state index contributed by atoms with van der Waals surface area (Å²) in [6.45, 7) is 3.34. The lowest BCUT2D eigenvalue weighted by Crippen LogP contribution is -2.58. The van der Waals surface area contributed by atoms with Gasteiger partial charge in [-0.25, -0.2) is 9.59 Å². The van der Waals surface area contributed by atoms with Gasteiger partial charge in [-0.2, -0.15) is 5.26 Å². The molecule has 2 N–H and O–H groups in total. The summed E-state index contributed by atoms with van der Waals surface area (Å²) in [7, 11) is 1.16. The van der Waals surface area contributed by atoms with Crippen molar-refractivity contribution in [3.05, 3.63) is 0 Å². The van der Waals surface area contributed by atoms with Crippen LogP contribution in [0.5, 0.6) is 0 Å². The van der Waals surface area contributed by atoms with Gasteiger partial charge in [0.15, 0.2) is 0 Å². The number of ether oxygens (including phenoxy) is 1. The van der Waals surface area contributed by atoms with Gasteiger partial charge < -0.3 is 15.2 Å². The average Bonchev–Trinajstić information content (AvgIpc) is 2.22. The number of aliphatic carboxylic acids is 1. The van der Waals surface area contributed by atoms with Gasteiger partial charge in [-0.1, -0.05) is 13.8 Å². The van der Waals surface area contributed by atoms with Crippen molar-refractivity contribution in [2.24, 2.45) is 5.92 Å². The Hall–Kier alpha value is -1.77. The van der Waals surface area contributed by atoms with Crippen molar-refractivity contribution in [3.8, 4) is 6.07 Å². The first-order valence-electron chi connectivity index (χ1n) is 4.87. The highest BCUT2D eigenvalue weighted by molar-refractivity contribution is 5.84. The predicted octanol–water partition coefficient (Wildman–Crippen LogP) is 1.13. The van der Waals surface area contributed by atoms with Crippen LogP contribution in [0.15, 0.2) is 0 Å². The number of alkyl carbamates (subject to hydrolysis) is 1. The van der Waals surface area contributed by atoms with Crippen molar-refractivity contribution < 1.29 is 19.4 Å². The van der Waals surface area contributed by atoms with Crippen molar-refractivity contribution in [1.29, 1.82) is 5.26 Å². The molecule has 0 aliphatic carbocycles. The topological polar surface area (TPSA) is 99.4 Å². The number of carboxylic acid groups (broad SMARTS) is 1. The number of hydrogen-bond acceptors (Lipinski definition) is 4. The van der Waals surface area contributed by atoms with Gasteiger partial charge in [0, 0.05) is 6.42 Å². The number of carboxylic acids is 1. The van der Waals surface area contributed by atoms with Crippen molar-refractivity contribution in [2.75, 3.05) is 7.11 Å². The molecule has 0 fully saturated rings. The molecule has 0 aromatic carbocycles. The number of amides is 1. The maximum atomic E-state index is 11.2. The highest BCUT2D eigenvalue weighted by atomic mass is 16.5. The van der Waals surface area contributed by atoms with E-state index in [0.717, 1.165) is 7.11 Å². The Bertz CT molecular complexity index is 308. The minimum absolute atomic E-state index is 0.0472. The Morgan fingerprint density at radius 3 is 2.44 bits per heavy atom. The molecule has 90 valence electrons. The Balaban J connectivity index is 5.03. The summed E-state index contributed by atoms with van der Waals surface area (Å²) in [5.41, 5.74) is -1.46. The van der Waals surface area contributed by atoms with Crippen molar-refractivity contribution in [3.63, 3.8) is 0 Å². The van der Waals surface area contributed by atoms with E-state index in [9.17, 15) is 14.7 Å². The number of nitrogens with zero attached hydrogens (tertiary/aromatic N) is 1. The Morgan fingerprint density at radius 2 is 2.12 bits per heavy atom. The van der Waals surface area contributed by atoms with E-state index in [0.29, 0.717) is 0 Å². The lowest BCUT2D eigenvalue weighted by molar-refractivity contribution is -0.147. The van der Waals surface area contributed by atoms with Gasteiger partial charge in [-0.05, 0) is 12.3 Å². The predicted molar refractivity (Wildman–Crippen MR) is 55.6 cm³/mol. The van der Waals surface area contributed by atoms with Crippen LogP contribution in [0, 0.1) is 17.2 Å². The third-order valence-corrected chi connectivity index (χ3v) is 2.51. The summed E-state index contributed by atoms with van der Waals surface area (Å²) in [4.78, 5) is 22.4. The van der Waals surface area contributed by atoms with Crippen molar-refractivity contribution in [2.45, 2.75) is 32.2 Å². The quantitative estimate of drug-likeness (QED) is 0.734. The van der Waals surface area contributed by atoms with Crippen LogP contribution in [0.25, 0.3) is 0 Å². The molecular weight excluding hydrogens is 212 g/mol. The van der Waals surface area contributed by atoms with Gasteiger partial charge in [-0.3, -0.25) is 0 Å². The third-order valence-electron chi connectivity index (χ3n) is 2.51. The number of nitrogens with one attached hydrogen (secondary N) is 1. The summed E-state index contributed by atoms with van der Waals surface area (Å²) >= 11 is 0. The Morgan fingerprint density at radius 1 is 1.56 bits per heavy atom. The van der Waals surface area contributed by atoms with Crippen LogP contribution < -0.4 is 5.32 Å². The van der Waals surface area contributed by atoms with Crippen LogP contribution in [0.1, 0.15) is 26.7 Å². The molecular formula is C10H16N2O4. The molecule has 0 saturated carbocycles. The molecule has 16 heavy (non-hydrogen) atoms. The Labute approximate surface area is 94.2 Å². The molecule has 0 rings (SSSR count). The number of rotatable bonds is 5. The second-order valence-corrected chi connectivity index (χ2v) is 3.71. The molecule has 0 saturated heterocycles. The van der Waals surface area contributed by atoms with E-state index in [1.54, 1.807) is 13.8 Å². The van der Waals surface area contributed by atoms with E-state index >= 15 is 0 Å². The zero-order valence-corrected chi connectivity index (χ0v) is 9.61. The fourth-order valence-electron chi connectivity index (χ4n) is 1.39. The molecule has 0 unspecified atom stereocenters. The molecule has 0 aromatic rings. The SMILES string of the molecule is COC(=O)N[C@](CCC#N)(C(=O)O)C(C)C. The van der Waals surface area contributed by atoms with Gasteiger partial charge in [0.25, 0.3) is 0 Å². The largest absolute Gasteiger partial charge is 0.479 e. The highest BCUT2D eigenvalue weighted by Gasteiger charge is 2.43. The summed E-state index contributed by atoms with van der Waals surface area (Å²) in [5.74, 6) is -1.51. The third kappa shape index (κ3) is 3.12. The highest BCUT2D eigenvalue weighted by Crippen LogP contribution is 2.23. The molecule has 1 atom stereocenters. The molecule has 1 amide bonds. The normalized spacial score (nSPS) is 13.7. The molecule has 0 aliphatic heterocycles. The lowest BCUT2D eigenvalue weighted by Gasteiger charge is -2.32. The van der Waals surface area contributed by atoms with E-state index in [1.165, 1.54) is 0 Å². The van der Waals surface area contributed by atoms with E-state index in [4.69, 9.17) is 5.26 Å². The zero-order chi connectivity index (χ0) is 12.8. The van der Waals surface area contributed by atoms with Gasteiger partial charge in [0.1, 0.15) is 5.54 Å². The van der Waals surface area contributed by atoms with E-state index in [2.05, 4.69) is 10.1 Å². The van der Waals surface area contributed by atoms with Crippen LogP contribution in [0.2, 0.25) is 0 Å². The molecule has 0 spiro atoms. The van der Waals surface area contributed by atoms with Crippen molar-refractivity contribution >= 4 is 12.1 Å². The van der Waals surface area contributed by atoms with E-state index < -0.39 is 17.6 Å². The fourth-order valence-corrected chi connectivity index (χ4v) is 1.39. The zero-order valence-electron chi connectivity index (χ0n) is 9.61. The maximum absolute atomic E-state index is 11.2. The van der Waals surface area contributed by atoms with Crippen LogP contribution in [0.4, 0.5) is 4.79 Å².